The van der Waals surface area contributed by atoms with Gasteiger partial charge in [0, 0.05) is 24.7 Å². The van der Waals surface area contributed by atoms with Crippen LogP contribution in [0, 0.1) is 0 Å². The Morgan fingerprint density at radius 2 is 2.12 bits per heavy atom. The van der Waals surface area contributed by atoms with Crippen LogP contribution in [0.15, 0.2) is 0 Å². The molecule has 2 N–H and O–H groups in total. The number of nitrogens with two attached hydrogens (primary N) is 1. The summed E-state index contributed by atoms with van der Waals surface area (Å²) in [5.41, 5.74) is 6.32. The van der Waals surface area contributed by atoms with Gasteiger partial charge < -0.3 is 10.6 Å². The zero-order valence-corrected chi connectivity index (χ0v) is 11.5. The summed E-state index contributed by atoms with van der Waals surface area (Å²) < 4.78 is 0. The predicted octanol–water partition coefficient (Wildman–Crippen LogP) is 1.53. The van der Waals surface area contributed by atoms with E-state index < -0.39 is 0 Å². The highest BCUT2D eigenvalue weighted by Crippen LogP contribution is 2.28. The van der Waals surface area contributed by atoms with Crippen molar-refractivity contribution in [2.75, 3.05) is 33.2 Å². The van der Waals surface area contributed by atoms with E-state index in [1.165, 1.54) is 32.4 Å². The van der Waals surface area contributed by atoms with Crippen LogP contribution in [0.5, 0.6) is 0 Å². The molecule has 1 aliphatic heterocycles. The first-order valence-electron chi connectivity index (χ1n) is 6.71. The maximum absolute atomic E-state index is 6.10. The molecule has 1 heterocycles. The Bertz CT molecular complexity index is 205. The molecule has 16 heavy (non-hydrogen) atoms. The molecule has 0 amide bonds. The number of rotatable bonds is 5. The number of likely N-dealkylation sites (N-methyl/N-ethyl adjacent to an activating group) is 1. The smallest absolute Gasteiger partial charge is 0.0461 e. The lowest BCUT2D eigenvalue weighted by Gasteiger charge is -2.50. The normalized spacial score (nSPS) is 27.9. The first-order chi connectivity index (χ1) is 7.55. The minimum atomic E-state index is 0.219. The molecular formula is C13H29N3. The maximum atomic E-state index is 6.10. The van der Waals surface area contributed by atoms with Crippen LogP contribution in [-0.2, 0) is 0 Å². The molecule has 1 atom stereocenters. The third kappa shape index (κ3) is 2.96. The minimum absolute atomic E-state index is 0.219. The van der Waals surface area contributed by atoms with Crippen molar-refractivity contribution in [3.63, 3.8) is 0 Å². The van der Waals surface area contributed by atoms with Crippen LogP contribution in [0.4, 0.5) is 0 Å². The number of likely N-dealkylation sites (tertiary alicyclic amines) is 1. The van der Waals surface area contributed by atoms with E-state index in [1.54, 1.807) is 0 Å². The topological polar surface area (TPSA) is 32.5 Å². The SMILES string of the molecule is CCCN(C(C)C)C1(CN)CCCN(C)C1. The summed E-state index contributed by atoms with van der Waals surface area (Å²) in [6.45, 7) is 11.1. The van der Waals surface area contributed by atoms with E-state index >= 15 is 0 Å². The van der Waals surface area contributed by atoms with Crippen molar-refractivity contribution in [2.24, 2.45) is 5.73 Å². The molecule has 1 rings (SSSR count). The van der Waals surface area contributed by atoms with E-state index in [1.807, 2.05) is 0 Å². The van der Waals surface area contributed by atoms with Crippen LogP contribution in [0.1, 0.15) is 40.0 Å². The monoisotopic (exact) mass is 227 g/mol. The van der Waals surface area contributed by atoms with Crippen LogP contribution in [0.3, 0.4) is 0 Å². The molecule has 1 saturated heterocycles. The first kappa shape index (κ1) is 13.9. The summed E-state index contributed by atoms with van der Waals surface area (Å²) in [6.07, 6.45) is 3.75. The van der Waals surface area contributed by atoms with E-state index in [2.05, 4.69) is 37.6 Å². The molecule has 0 aromatic carbocycles. The molecule has 0 aromatic rings. The summed E-state index contributed by atoms with van der Waals surface area (Å²) in [7, 11) is 2.22. The third-order valence-electron chi connectivity index (χ3n) is 3.82. The fourth-order valence-electron chi connectivity index (χ4n) is 3.14. The Labute approximate surface area is 101 Å². The Morgan fingerprint density at radius 1 is 1.44 bits per heavy atom. The summed E-state index contributed by atoms with van der Waals surface area (Å²) in [5.74, 6) is 0. The van der Waals surface area contributed by atoms with Gasteiger partial charge in [-0.25, -0.2) is 0 Å². The van der Waals surface area contributed by atoms with Gasteiger partial charge in [0.1, 0.15) is 0 Å². The van der Waals surface area contributed by atoms with Crippen molar-refractivity contribution in [1.82, 2.24) is 9.80 Å². The molecule has 96 valence electrons. The van der Waals surface area contributed by atoms with E-state index in [-0.39, 0.29) is 5.54 Å². The minimum Gasteiger partial charge on any atom is -0.329 e. The molecule has 1 unspecified atom stereocenters. The highest BCUT2D eigenvalue weighted by atomic mass is 15.3. The van der Waals surface area contributed by atoms with Crippen LogP contribution < -0.4 is 5.73 Å². The predicted molar refractivity (Wildman–Crippen MR) is 70.6 cm³/mol. The Morgan fingerprint density at radius 3 is 2.56 bits per heavy atom. The molecule has 3 nitrogen and oxygen atoms in total. The molecule has 1 aliphatic rings. The van der Waals surface area contributed by atoms with Crippen LogP contribution in [-0.4, -0.2) is 54.6 Å². The number of nitrogens with zero attached hydrogens (tertiary/aromatic N) is 2. The summed E-state index contributed by atoms with van der Waals surface area (Å²) in [6, 6.07) is 0.593. The van der Waals surface area contributed by atoms with Gasteiger partial charge in [-0.05, 0) is 53.2 Å². The highest BCUT2D eigenvalue weighted by Gasteiger charge is 2.39. The standard InChI is InChI=1S/C13H29N3/c1-5-8-16(12(2)3)13(10-14)7-6-9-15(4)11-13/h12H,5-11,14H2,1-4H3. The van der Waals surface area contributed by atoms with Gasteiger partial charge in [-0.2, -0.15) is 0 Å². The molecule has 0 aliphatic carbocycles. The van der Waals surface area contributed by atoms with E-state index in [0.29, 0.717) is 6.04 Å². The quantitative estimate of drug-likeness (QED) is 0.773. The van der Waals surface area contributed by atoms with E-state index in [4.69, 9.17) is 5.73 Å². The van der Waals surface area contributed by atoms with Crippen molar-refractivity contribution in [3.8, 4) is 0 Å². The lowest BCUT2D eigenvalue weighted by molar-refractivity contribution is 0.00446. The van der Waals surface area contributed by atoms with Gasteiger partial charge in [0.05, 0.1) is 0 Å². The summed E-state index contributed by atoms with van der Waals surface area (Å²) in [5, 5.41) is 0. The zero-order valence-electron chi connectivity index (χ0n) is 11.5. The number of piperidine rings is 1. The van der Waals surface area contributed by atoms with Gasteiger partial charge in [-0.15, -0.1) is 0 Å². The number of hydrogen-bond acceptors (Lipinski definition) is 3. The summed E-state index contributed by atoms with van der Waals surface area (Å²) >= 11 is 0. The van der Waals surface area contributed by atoms with Crippen LogP contribution in [0.2, 0.25) is 0 Å². The van der Waals surface area contributed by atoms with Crippen molar-refractivity contribution in [3.05, 3.63) is 0 Å². The molecule has 1 fully saturated rings. The second-order valence-corrected chi connectivity index (χ2v) is 5.56. The van der Waals surface area contributed by atoms with Gasteiger partial charge >= 0.3 is 0 Å². The number of hydrogen-bond donors (Lipinski definition) is 1. The van der Waals surface area contributed by atoms with Crippen LogP contribution in [0.25, 0.3) is 0 Å². The van der Waals surface area contributed by atoms with Gasteiger partial charge in [0.25, 0.3) is 0 Å². The molecule has 0 aromatic heterocycles. The molecule has 0 saturated carbocycles. The highest BCUT2D eigenvalue weighted by molar-refractivity contribution is 4.98. The lowest BCUT2D eigenvalue weighted by Crippen LogP contribution is -2.63. The second-order valence-electron chi connectivity index (χ2n) is 5.56. The van der Waals surface area contributed by atoms with Gasteiger partial charge in [-0.1, -0.05) is 6.92 Å². The molecule has 0 bridgehead atoms. The lowest BCUT2D eigenvalue weighted by atomic mass is 9.86. The molecule has 0 radical (unpaired) electrons. The van der Waals surface area contributed by atoms with E-state index in [0.717, 1.165) is 13.1 Å². The van der Waals surface area contributed by atoms with Gasteiger partial charge in [-0.3, -0.25) is 4.90 Å². The zero-order chi connectivity index (χ0) is 12.2. The molecule has 3 heteroatoms. The van der Waals surface area contributed by atoms with E-state index in [9.17, 15) is 0 Å². The average Bonchev–Trinajstić information content (AvgIpc) is 2.25. The largest absolute Gasteiger partial charge is 0.329 e. The fraction of sp³-hybridized carbons (Fsp3) is 1.00. The Balaban J connectivity index is 2.81. The van der Waals surface area contributed by atoms with Crippen molar-refractivity contribution in [1.29, 1.82) is 0 Å². The Kier molecular flexibility index (Phi) is 5.22. The van der Waals surface area contributed by atoms with Crippen molar-refractivity contribution in [2.45, 2.75) is 51.6 Å². The molecule has 0 spiro atoms. The summed E-state index contributed by atoms with van der Waals surface area (Å²) in [4.78, 5) is 5.06. The average molecular weight is 227 g/mol. The van der Waals surface area contributed by atoms with Crippen molar-refractivity contribution >= 4 is 0 Å². The third-order valence-corrected chi connectivity index (χ3v) is 3.82. The fourth-order valence-corrected chi connectivity index (χ4v) is 3.14. The van der Waals surface area contributed by atoms with Crippen molar-refractivity contribution < 1.29 is 0 Å². The second kappa shape index (κ2) is 5.99. The molecular weight excluding hydrogens is 198 g/mol. The van der Waals surface area contributed by atoms with Gasteiger partial charge in [0.15, 0.2) is 0 Å². The first-order valence-corrected chi connectivity index (χ1v) is 6.71. The Hall–Kier alpha value is -0.120. The van der Waals surface area contributed by atoms with Crippen LogP contribution >= 0.6 is 0 Å². The maximum Gasteiger partial charge on any atom is 0.0461 e. The van der Waals surface area contributed by atoms with Gasteiger partial charge in [0.2, 0.25) is 0 Å².